The number of ether oxygens (including phenoxy) is 5. The minimum Gasteiger partial charge on any atom is -0.493 e. The third-order valence-corrected chi connectivity index (χ3v) is 5.47. The highest BCUT2D eigenvalue weighted by Crippen LogP contribution is 2.40. The van der Waals surface area contributed by atoms with Crippen LogP contribution in [0.15, 0.2) is 54.6 Å². The van der Waals surface area contributed by atoms with Gasteiger partial charge in [0.1, 0.15) is 0 Å². The molecule has 4 aromatic rings. The molecule has 1 aromatic heterocycles. The molecule has 0 fully saturated rings. The molecule has 34 heavy (non-hydrogen) atoms. The standard InChI is InChI=1S/C26H23N3O5/c1-30-22-13-19(14-23(31-2)24(22)32-3)26-27-25(28-29-26)18-9-6-16(7-10-18)4-5-17-8-11-20-21(12-17)34-15-33-20/h4-14H,15H2,1-3H3,(H,27,28,29). The average molecular weight is 457 g/mol. The summed E-state index contributed by atoms with van der Waals surface area (Å²) in [6.07, 6.45) is 4.08. The lowest BCUT2D eigenvalue weighted by Crippen LogP contribution is -1.96. The fraction of sp³-hybridized carbons (Fsp3) is 0.154. The van der Waals surface area contributed by atoms with Gasteiger partial charge in [-0.15, -0.1) is 10.2 Å². The van der Waals surface area contributed by atoms with Gasteiger partial charge in [-0.1, -0.05) is 42.5 Å². The summed E-state index contributed by atoms with van der Waals surface area (Å²) >= 11 is 0. The summed E-state index contributed by atoms with van der Waals surface area (Å²) in [7, 11) is 4.73. The zero-order chi connectivity index (χ0) is 23.5. The Bertz CT molecular complexity index is 1320. The second kappa shape index (κ2) is 9.19. The molecule has 0 saturated heterocycles. The summed E-state index contributed by atoms with van der Waals surface area (Å²) in [5.41, 5.74) is 3.80. The number of fused-ring (bicyclic) bond motifs is 1. The Balaban J connectivity index is 1.35. The number of methoxy groups -OCH3 is 3. The van der Waals surface area contributed by atoms with Gasteiger partial charge in [-0.25, -0.2) is 0 Å². The van der Waals surface area contributed by atoms with E-state index >= 15 is 0 Å². The minimum atomic E-state index is 0.271. The molecule has 1 aliphatic heterocycles. The molecule has 0 unspecified atom stereocenters. The Morgan fingerprint density at radius 2 is 1.32 bits per heavy atom. The van der Waals surface area contributed by atoms with Gasteiger partial charge in [-0.3, -0.25) is 0 Å². The van der Waals surface area contributed by atoms with Crippen molar-refractivity contribution < 1.29 is 23.7 Å². The minimum absolute atomic E-state index is 0.271. The Morgan fingerprint density at radius 1 is 0.706 bits per heavy atom. The molecule has 0 spiro atoms. The molecule has 5 rings (SSSR count). The van der Waals surface area contributed by atoms with E-state index in [2.05, 4.69) is 15.2 Å². The van der Waals surface area contributed by atoms with Crippen LogP contribution in [-0.4, -0.2) is 43.3 Å². The van der Waals surface area contributed by atoms with Crippen molar-refractivity contribution in [3.05, 3.63) is 65.7 Å². The third kappa shape index (κ3) is 4.13. The van der Waals surface area contributed by atoms with Crippen molar-refractivity contribution in [3.8, 4) is 51.5 Å². The van der Waals surface area contributed by atoms with Gasteiger partial charge in [0.25, 0.3) is 0 Å². The summed E-state index contributed by atoms with van der Waals surface area (Å²) in [5, 5.41) is 8.61. The van der Waals surface area contributed by atoms with Crippen LogP contribution in [0.1, 0.15) is 11.1 Å². The van der Waals surface area contributed by atoms with Crippen LogP contribution in [-0.2, 0) is 0 Å². The van der Waals surface area contributed by atoms with Gasteiger partial charge in [0.2, 0.25) is 12.5 Å². The Morgan fingerprint density at radius 3 is 2.00 bits per heavy atom. The summed E-state index contributed by atoms with van der Waals surface area (Å²) in [4.78, 5) is 3.27. The summed E-state index contributed by atoms with van der Waals surface area (Å²) in [6, 6.07) is 17.6. The van der Waals surface area contributed by atoms with E-state index in [1.807, 2.05) is 66.7 Å². The van der Waals surface area contributed by atoms with Gasteiger partial charge in [0.15, 0.2) is 34.6 Å². The van der Waals surface area contributed by atoms with Crippen molar-refractivity contribution in [1.29, 1.82) is 0 Å². The van der Waals surface area contributed by atoms with Crippen molar-refractivity contribution in [2.75, 3.05) is 28.1 Å². The molecule has 2 heterocycles. The maximum absolute atomic E-state index is 5.44. The second-order valence-electron chi connectivity index (χ2n) is 7.50. The summed E-state index contributed by atoms with van der Waals surface area (Å²) < 4.78 is 27.1. The lowest BCUT2D eigenvalue weighted by atomic mass is 10.1. The van der Waals surface area contributed by atoms with Gasteiger partial charge in [0.05, 0.1) is 21.3 Å². The van der Waals surface area contributed by atoms with E-state index in [0.717, 1.165) is 33.8 Å². The molecule has 0 saturated carbocycles. The Kier molecular flexibility index (Phi) is 5.78. The number of nitrogens with zero attached hydrogens (tertiary/aromatic N) is 2. The lowest BCUT2D eigenvalue weighted by Gasteiger charge is -2.13. The van der Waals surface area contributed by atoms with Gasteiger partial charge in [-0.2, -0.15) is 0 Å². The van der Waals surface area contributed by atoms with Crippen molar-refractivity contribution in [1.82, 2.24) is 15.2 Å². The molecular formula is C26H23N3O5. The molecule has 0 aliphatic carbocycles. The monoisotopic (exact) mass is 457 g/mol. The van der Waals surface area contributed by atoms with Crippen LogP contribution in [0, 0.1) is 0 Å². The van der Waals surface area contributed by atoms with Crippen LogP contribution in [0.2, 0.25) is 0 Å². The van der Waals surface area contributed by atoms with Crippen molar-refractivity contribution in [2.45, 2.75) is 0 Å². The molecule has 1 N–H and O–H groups in total. The number of H-pyrrole nitrogens is 1. The molecular weight excluding hydrogens is 434 g/mol. The first-order valence-corrected chi connectivity index (χ1v) is 10.6. The number of hydrogen-bond acceptors (Lipinski definition) is 7. The number of rotatable bonds is 7. The maximum Gasteiger partial charge on any atom is 0.231 e. The number of nitrogens with one attached hydrogen (secondary N) is 1. The predicted octanol–water partition coefficient (Wildman–Crippen LogP) is 5.06. The van der Waals surface area contributed by atoms with Crippen LogP contribution < -0.4 is 23.7 Å². The van der Waals surface area contributed by atoms with Crippen LogP contribution in [0.25, 0.3) is 34.9 Å². The van der Waals surface area contributed by atoms with Crippen LogP contribution in [0.5, 0.6) is 28.7 Å². The van der Waals surface area contributed by atoms with Crippen LogP contribution >= 0.6 is 0 Å². The summed E-state index contributed by atoms with van der Waals surface area (Å²) in [5.74, 6) is 4.43. The first-order chi connectivity index (χ1) is 16.7. The van der Waals surface area contributed by atoms with Crippen LogP contribution in [0.4, 0.5) is 0 Å². The van der Waals surface area contributed by atoms with Gasteiger partial charge >= 0.3 is 0 Å². The van der Waals surface area contributed by atoms with E-state index in [1.165, 1.54) is 0 Å². The van der Waals surface area contributed by atoms with E-state index in [-0.39, 0.29) is 6.79 Å². The highest BCUT2D eigenvalue weighted by atomic mass is 16.7. The molecule has 3 aromatic carbocycles. The van der Waals surface area contributed by atoms with Gasteiger partial charge < -0.3 is 28.7 Å². The zero-order valence-corrected chi connectivity index (χ0v) is 19.0. The number of hydrogen-bond donors (Lipinski definition) is 1. The van der Waals surface area contributed by atoms with E-state index in [9.17, 15) is 0 Å². The molecule has 0 radical (unpaired) electrons. The lowest BCUT2D eigenvalue weighted by molar-refractivity contribution is 0.174. The highest BCUT2D eigenvalue weighted by molar-refractivity contribution is 5.73. The largest absolute Gasteiger partial charge is 0.493 e. The fourth-order valence-electron chi connectivity index (χ4n) is 3.70. The SMILES string of the molecule is COc1cc(-c2nnc(-c3ccc(C=Cc4ccc5c(c4)OCO5)cc3)[nH]2)cc(OC)c1OC. The number of aromatic nitrogens is 3. The highest BCUT2D eigenvalue weighted by Gasteiger charge is 2.16. The topological polar surface area (TPSA) is 87.7 Å². The van der Waals surface area contributed by atoms with Crippen molar-refractivity contribution in [2.24, 2.45) is 0 Å². The van der Waals surface area contributed by atoms with Crippen molar-refractivity contribution >= 4 is 12.2 Å². The predicted molar refractivity (Wildman–Crippen MR) is 128 cm³/mol. The normalized spacial score (nSPS) is 12.2. The van der Waals surface area contributed by atoms with Gasteiger partial charge in [-0.05, 0) is 35.4 Å². The molecule has 1 aliphatic rings. The smallest absolute Gasteiger partial charge is 0.231 e. The molecule has 172 valence electrons. The van der Waals surface area contributed by atoms with E-state index in [0.29, 0.717) is 28.9 Å². The zero-order valence-electron chi connectivity index (χ0n) is 19.0. The van der Waals surface area contributed by atoms with E-state index < -0.39 is 0 Å². The van der Waals surface area contributed by atoms with E-state index in [1.54, 1.807) is 21.3 Å². The maximum atomic E-state index is 5.44. The molecule has 0 bridgehead atoms. The van der Waals surface area contributed by atoms with Crippen molar-refractivity contribution in [3.63, 3.8) is 0 Å². The Labute approximate surface area is 196 Å². The first kappa shape index (κ1) is 21.4. The van der Waals surface area contributed by atoms with E-state index in [4.69, 9.17) is 23.7 Å². The summed E-state index contributed by atoms with van der Waals surface area (Å²) in [6.45, 7) is 0.271. The van der Waals surface area contributed by atoms with Crippen LogP contribution in [0.3, 0.4) is 0 Å². The molecule has 8 nitrogen and oxygen atoms in total. The molecule has 0 atom stereocenters. The fourth-order valence-corrected chi connectivity index (χ4v) is 3.70. The number of aromatic amines is 1. The molecule has 0 amide bonds. The second-order valence-corrected chi connectivity index (χ2v) is 7.50. The van der Waals surface area contributed by atoms with Gasteiger partial charge in [0, 0.05) is 11.1 Å². The molecule has 8 heteroatoms. The Hall–Kier alpha value is -4.46. The average Bonchev–Trinajstić information content (AvgIpc) is 3.56. The number of benzene rings is 3. The quantitative estimate of drug-likeness (QED) is 0.388. The first-order valence-electron chi connectivity index (χ1n) is 10.6. The third-order valence-electron chi connectivity index (χ3n) is 5.47.